The van der Waals surface area contributed by atoms with Crippen LogP contribution in [-0.2, 0) is 0 Å². The first-order valence-electron chi connectivity index (χ1n) is 11.4. The third-order valence-electron chi connectivity index (χ3n) is 6.49. The normalized spacial score (nSPS) is 19.4. The molecule has 0 aromatic carbocycles. The van der Waals surface area contributed by atoms with Crippen molar-refractivity contribution in [1.82, 2.24) is 15.0 Å². The summed E-state index contributed by atoms with van der Waals surface area (Å²) in [5.41, 5.74) is 0.438. The third kappa shape index (κ3) is 5.28. The van der Waals surface area contributed by atoms with E-state index in [1.54, 1.807) is 31.5 Å². The first kappa shape index (κ1) is 24.6. The summed E-state index contributed by atoms with van der Waals surface area (Å²) in [5.74, 6) is 1.89. The number of fused-ring (bicyclic) bond motifs is 1. The Hall–Kier alpha value is -3.50. The minimum absolute atomic E-state index is 0.0666. The van der Waals surface area contributed by atoms with E-state index in [1.807, 2.05) is 12.1 Å². The van der Waals surface area contributed by atoms with Gasteiger partial charge in [0.2, 0.25) is 11.8 Å². The lowest BCUT2D eigenvalue weighted by atomic mass is 10.00. The lowest BCUT2D eigenvalue weighted by Crippen LogP contribution is -2.43. The zero-order chi connectivity index (χ0) is 25.2. The van der Waals surface area contributed by atoms with Gasteiger partial charge in [-0.15, -0.1) is 0 Å². The average Bonchev–Trinajstić information content (AvgIpc) is 2.84. The van der Waals surface area contributed by atoms with Gasteiger partial charge < -0.3 is 24.6 Å². The highest BCUT2D eigenvalue weighted by molar-refractivity contribution is 5.58. The Balaban J connectivity index is 1.44. The average molecular weight is 491 g/mol. The number of piperidine rings is 1. The molecule has 188 valence electrons. The summed E-state index contributed by atoms with van der Waals surface area (Å²) in [4.78, 5) is 17.1. The summed E-state index contributed by atoms with van der Waals surface area (Å²) >= 11 is 0. The summed E-state index contributed by atoms with van der Waals surface area (Å²) in [7, 11) is 3.31. The van der Waals surface area contributed by atoms with E-state index in [4.69, 9.17) is 9.47 Å². The monoisotopic (exact) mass is 490 g/mol. The SMILES string of the molecule is C=C/C(=C(\C)C1COc2cnc(NC3CCN(c4ccnc(OC)c4)CC3)nc2N1C)C(F)(F)F. The molecule has 0 amide bonds. The number of aromatic nitrogens is 3. The van der Waals surface area contributed by atoms with Gasteiger partial charge in [-0.25, -0.2) is 9.97 Å². The molecular formula is C24H29F3N6O2. The molecular weight excluding hydrogens is 461 g/mol. The number of likely N-dealkylation sites (N-methyl/N-ethyl adjacent to an activating group) is 1. The Morgan fingerprint density at radius 2 is 2.03 bits per heavy atom. The summed E-state index contributed by atoms with van der Waals surface area (Å²) in [6.07, 6.45) is 1.40. The van der Waals surface area contributed by atoms with Crippen molar-refractivity contribution in [3.63, 3.8) is 0 Å². The molecule has 1 N–H and O–H groups in total. The summed E-state index contributed by atoms with van der Waals surface area (Å²) in [6, 6.07) is 3.42. The Bertz CT molecular complexity index is 1100. The molecule has 2 aromatic rings. The maximum Gasteiger partial charge on any atom is 0.416 e. The van der Waals surface area contributed by atoms with Gasteiger partial charge in [-0.2, -0.15) is 18.2 Å². The summed E-state index contributed by atoms with van der Waals surface area (Å²) in [6.45, 7) is 6.54. The van der Waals surface area contributed by atoms with Crippen molar-refractivity contribution in [3.05, 3.63) is 48.3 Å². The number of alkyl halides is 3. The van der Waals surface area contributed by atoms with Crippen LogP contribution in [-0.4, -0.2) is 67.1 Å². The first-order chi connectivity index (χ1) is 16.7. The van der Waals surface area contributed by atoms with Crippen LogP contribution >= 0.6 is 0 Å². The molecule has 1 saturated heterocycles. The lowest BCUT2D eigenvalue weighted by molar-refractivity contribution is -0.0892. The van der Waals surface area contributed by atoms with Crippen molar-refractivity contribution in [2.75, 3.05) is 49.0 Å². The van der Waals surface area contributed by atoms with E-state index in [0.717, 1.165) is 37.7 Å². The molecule has 0 bridgehead atoms. The second-order valence-corrected chi connectivity index (χ2v) is 8.58. The first-order valence-corrected chi connectivity index (χ1v) is 11.4. The molecule has 2 aliphatic rings. The minimum Gasteiger partial charge on any atom is -0.486 e. The third-order valence-corrected chi connectivity index (χ3v) is 6.49. The van der Waals surface area contributed by atoms with E-state index in [0.29, 0.717) is 23.4 Å². The van der Waals surface area contributed by atoms with Crippen LogP contribution in [0.15, 0.2) is 48.3 Å². The number of hydrogen-bond acceptors (Lipinski definition) is 8. The zero-order valence-electron chi connectivity index (χ0n) is 20.0. The molecule has 2 aliphatic heterocycles. The predicted octanol–water partition coefficient (Wildman–Crippen LogP) is 4.22. The van der Waals surface area contributed by atoms with Gasteiger partial charge >= 0.3 is 6.18 Å². The van der Waals surface area contributed by atoms with E-state index in [2.05, 4.69) is 31.7 Å². The number of nitrogens with zero attached hydrogens (tertiary/aromatic N) is 5. The molecule has 0 spiro atoms. The minimum atomic E-state index is -4.48. The number of ether oxygens (including phenoxy) is 2. The van der Waals surface area contributed by atoms with Crippen LogP contribution in [0.5, 0.6) is 11.6 Å². The zero-order valence-corrected chi connectivity index (χ0v) is 20.0. The number of pyridine rings is 1. The summed E-state index contributed by atoms with van der Waals surface area (Å²) < 4.78 is 51.2. The molecule has 0 saturated carbocycles. The largest absolute Gasteiger partial charge is 0.486 e. The molecule has 8 nitrogen and oxygen atoms in total. The van der Waals surface area contributed by atoms with Crippen LogP contribution in [0.4, 0.5) is 30.6 Å². The fourth-order valence-corrected chi connectivity index (χ4v) is 4.48. The van der Waals surface area contributed by atoms with E-state index in [9.17, 15) is 13.2 Å². The molecule has 2 aromatic heterocycles. The smallest absolute Gasteiger partial charge is 0.416 e. The fraction of sp³-hybridized carbons (Fsp3) is 0.458. The number of allylic oxidation sites excluding steroid dienone is 2. The standard InChI is InChI=1S/C24H29F3N6O2/c1-5-18(24(25,26)27)15(2)19-14-35-20-13-29-23(31-22(20)32(19)3)30-16-7-10-33(11-8-16)17-6-9-28-21(12-17)34-4/h5-6,9,12-13,16,19H,1,7-8,10-11,14H2,2-4H3,(H,29,30,31)/b18-15-. The molecule has 1 fully saturated rings. The van der Waals surface area contributed by atoms with Gasteiger partial charge in [0.1, 0.15) is 6.61 Å². The van der Waals surface area contributed by atoms with Crippen LogP contribution in [0.3, 0.4) is 0 Å². The highest BCUT2D eigenvalue weighted by Gasteiger charge is 2.37. The Kier molecular flexibility index (Phi) is 7.04. The van der Waals surface area contributed by atoms with Crippen molar-refractivity contribution < 1.29 is 22.6 Å². The maximum absolute atomic E-state index is 13.4. The molecule has 4 rings (SSSR count). The van der Waals surface area contributed by atoms with Gasteiger partial charge in [-0.3, -0.25) is 0 Å². The molecule has 4 heterocycles. The molecule has 0 radical (unpaired) electrons. The van der Waals surface area contributed by atoms with Gasteiger partial charge in [0.25, 0.3) is 0 Å². The van der Waals surface area contributed by atoms with Gasteiger partial charge in [0, 0.05) is 44.1 Å². The maximum atomic E-state index is 13.4. The molecule has 0 aliphatic carbocycles. The number of anilines is 3. The number of methoxy groups -OCH3 is 1. The van der Waals surface area contributed by atoms with Crippen LogP contribution in [0, 0.1) is 0 Å². The topological polar surface area (TPSA) is 75.6 Å². The Labute approximate surface area is 202 Å². The van der Waals surface area contributed by atoms with E-state index in [1.165, 1.54) is 6.92 Å². The second kappa shape index (κ2) is 10.0. The van der Waals surface area contributed by atoms with Gasteiger partial charge in [-0.1, -0.05) is 12.7 Å². The molecule has 11 heteroatoms. The predicted molar refractivity (Wildman–Crippen MR) is 128 cm³/mol. The van der Waals surface area contributed by atoms with Gasteiger partial charge in [0.15, 0.2) is 11.6 Å². The quantitative estimate of drug-likeness (QED) is 0.604. The van der Waals surface area contributed by atoms with Crippen molar-refractivity contribution in [2.24, 2.45) is 0 Å². The van der Waals surface area contributed by atoms with E-state index < -0.39 is 17.8 Å². The van der Waals surface area contributed by atoms with Crippen LogP contribution in [0.25, 0.3) is 0 Å². The highest BCUT2D eigenvalue weighted by atomic mass is 19.4. The van der Waals surface area contributed by atoms with Gasteiger partial charge in [-0.05, 0) is 31.4 Å². The molecule has 35 heavy (non-hydrogen) atoms. The van der Waals surface area contributed by atoms with Crippen LogP contribution < -0.4 is 24.6 Å². The number of rotatable bonds is 6. The highest BCUT2D eigenvalue weighted by Crippen LogP contribution is 2.37. The molecule has 1 atom stereocenters. The summed E-state index contributed by atoms with van der Waals surface area (Å²) in [5, 5.41) is 3.37. The van der Waals surface area contributed by atoms with Crippen molar-refractivity contribution in [2.45, 2.75) is 38.0 Å². The van der Waals surface area contributed by atoms with Crippen LogP contribution in [0.1, 0.15) is 19.8 Å². The van der Waals surface area contributed by atoms with Crippen molar-refractivity contribution in [3.8, 4) is 11.6 Å². The fourth-order valence-electron chi connectivity index (χ4n) is 4.48. The van der Waals surface area contributed by atoms with Crippen molar-refractivity contribution in [1.29, 1.82) is 0 Å². The lowest BCUT2D eigenvalue weighted by Gasteiger charge is -2.37. The number of halogens is 3. The van der Waals surface area contributed by atoms with Crippen molar-refractivity contribution >= 4 is 17.5 Å². The van der Waals surface area contributed by atoms with Gasteiger partial charge in [0.05, 0.1) is 24.9 Å². The second-order valence-electron chi connectivity index (χ2n) is 8.58. The number of nitrogens with one attached hydrogen (secondary N) is 1. The molecule has 1 unspecified atom stereocenters. The van der Waals surface area contributed by atoms with E-state index >= 15 is 0 Å². The van der Waals surface area contributed by atoms with E-state index in [-0.39, 0.29) is 18.2 Å². The Morgan fingerprint density at radius 3 is 2.69 bits per heavy atom. The number of hydrogen-bond donors (Lipinski definition) is 1. The van der Waals surface area contributed by atoms with Crippen LogP contribution in [0.2, 0.25) is 0 Å². The Morgan fingerprint density at radius 1 is 1.29 bits per heavy atom.